The van der Waals surface area contributed by atoms with Gasteiger partial charge in [-0.25, -0.2) is 9.78 Å². The van der Waals surface area contributed by atoms with Gasteiger partial charge in [-0.1, -0.05) is 31.9 Å². The average Bonchev–Trinajstić information content (AvgIpc) is 2.42. The number of methoxy groups -OCH3 is 1. The van der Waals surface area contributed by atoms with E-state index in [1.165, 1.54) is 19.5 Å². The Balaban J connectivity index is 2.84. The van der Waals surface area contributed by atoms with Gasteiger partial charge in [0.05, 0.1) is 19.5 Å². The summed E-state index contributed by atoms with van der Waals surface area (Å²) >= 11 is 5.66. The van der Waals surface area contributed by atoms with Gasteiger partial charge in [0.15, 0.2) is 0 Å². The average molecular weight is 286 g/mol. The summed E-state index contributed by atoms with van der Waals surface area (Å²) in [6.07, 6.45) is 3.33. The van der Waals surface area contributed by atoms with Crippen molar-refractivity contribution in [1.29, 1.82) is 0 Å². The molecule has 1 heterocycles. The zero-order chi connectivity index (χ0) is 14.4. The van der Waals surface area contributed by atoms with Crippen LogP contribution in [0.2, 0.25) is 5.15 Å². The molecule has 2 atom stereocenters. The Morgan fingerprint density at radius 3 is 2.68 bits per heavy atom. The standard InChI is InChI=1S/C12H16ClN3O3/c1-4-7(2)10(12(18)19-3)16-11(17)8-5-14-6-9(13)15-8/h5-7,10H,4H2,1-3H3,(H,16,17). The lowest BCUT2D eigenvalue weighted by Crippen LogP contribution is -2.45. The predicted octanol–water partition coefficient (Wildman–Crippen LogP) is 1.45. The quantitative estimate of drug-likeness (QED) is 0.828. The summed E-state index contributed by atoms with van der Waals surface area (Å²) in [4.78, 5) is 31.2. The Hall–Kier alpha value is -1.69. The van der Waals surface area contributed by atoms with Crippen LogP contribution < -0.4 is 5.32 Å². The van der Waals surface area contributed by atoms with Crippen molar-refractivity contribution < 1.29 is 14.3 Å². The van der Waals surface area contributed by atoms with E-state index in [2.05, 4.69) is 20.0 Å². The third-order valence-corrected chi connectivity index (χ3v) is 2.97. The number of aromatic nitrogens is 2. The van der Waals surface area contributed by atoms with Gasteiger partial charge in [0.1, 0.15) is 16.9 Å². The lowest BCUT2D eigenvalue weighted by Gasteiger charge is -2.21. The lowest BCUT2D eigenvalue weighted by molar-refractivity contribution is -0.144. The molecular weight excluding hydrogens is 270 g/mol. The van der Waals surface area contributed by atoms with Gasteiger partial charge in [-0.15, -0.1) is 0 Å². The molecule has 1 N–H and O–H groups in total. The van der Waals surface area contributed by atoms with E-state index < -0.39 is 17.9 Å². The maximum absolute atomic E-state index is 12.0. The van der Waals surface area contributed by atoms with Gasteiger partial charge in [0.2, 0.25) is 0 Å². The van der Waals surface area contributed by atoms with Crippen molar-refractivity contribution in [2.75, 3.05) is 7.11 Å². The Morgan fingerprint density at radius 2 is 2.16 bits per heavy atom. The Kier molecular flexibility index (Phi) is 5.69. The van der Waals surface area contributed by atoms with Crippen LogP contribution in [0, 0.1) is 5.92 Å². The molecule has 19 heavy (non-hydrogen) atoms. The number of esters is 1. The molecular formula is C12H16ClN3O3. The lowest BCUT2D eigenvalue weighted by atomic mass is 9.99. The maximum Gasteiger partial charge on any atom is 0.328 e. The van der Waals surface area contributed by atoms with Crippen LogP contribution in [0.25, 0.3) is 0 Å². The van der Waals surface area contributed by atoms with Crippen LogP contribution in [0.1, 0.15) is 30.8 Å². The number of carbonyl (C=O) groups excluding carboxylic acids is 2. The van der Waals surface area contributed by atoms with Crippen LogP contribution in [0.15, 0.2) is 12.4 Å². The summed E-state index contributed by atoms with van der Waals surface area (Å²) in [5.41, 5.74) is 0.0599. The molecule has 0 bridgehead atoms. The van der Waals surface area contributed by atoms with Crippen LogP contribution in [-0.4, -0.2) is 35.0 Å². The molecule has 104 valence electrons. The number of nitrogens with zero attached hydrogens (tertiary/aromatic N) is 2. The summed E-state index contributed by atoms with van der Waals surface area (Å²) in [7, 11) is 1.28. The van der Waals surface area contributed by atoms with Gasteiger partial charge in [-0.05, 0) is 5.92 Å². The van der Waals surface area contributed by atoms with Gasteiger partial charge < -0.3 is 10.1 Å². The first-order valence-electron chi connectivity index (χ1n) is 5.85. The smallest absolute Gasteiger partial charge is 0.328 e. The monoisotopic (exact) mass is 285 g/mol. The first-order chi connectivity index (χ1) is 8.99. The third kappa shape index (κ3) is 4.17. The zero-order valence-electron chi connectivity index (χ0n) is 11.0. The molecule has 0 spiro atoms. The highest BCUT2D eigenvalue weighted by atomic mass is 35.5. The molecule has 0 aromatic carbocycles. The normalized spacial score (nSPS) is 13.5. The molecule has 7 heteroatoms. The first-order valence-corrected chi connectivity index (χ1v) is 6.23. The highest BCUT2D eigenvalue weighted by molar-refractivity contribution is 6.29. The molecule has 0 fully saturated rings. The topological polar surface area (TPSA) is 81.2 Å². The van der Waals surface area contributed by atoms with Crippen LogP contribution >= 0.6 is 11.6 Å². The molecule has 0 radical (unpaired) electrons. The van der Waals surface area contributed by atoms with Crippen molar-refractivity contribution in [2.24, 2.45) is 5.92 Å². The van der Waals surface area contributed by atoms with Crippen molar-refractivity contribution in [3.63, 3.8) is 0 Å². The number of halogens is 1. The number of nitrogens with one attached hydrogen (secondary N) is 1. The van der Waals surface area contributed by atoms with Gasteiger partial charge >= 0.3 is 5.97 Å². The number of carbonyl (C=O) groups is 2. The summed E-state index contributed by atoms with van der Waals surface area (Å²) in [6.45, 7) is 3.78. The molecule has 0 aliphatic rings. The van der Waals surface area contributed by atoms with E-state index in [1.807, 2.05) is 13.8 Å². The first kappa shape index (κ1) is 15.4. The molecule has 2 unspecified atom stereocenters. The minimum absolute atomic E-state index is 0.0523. The molecule has 0 saturated heterocycles. The number of hydrogen-bond acceptors (Lipinski definition) is 5. The van der Waals surface area contributed by atoms with Crippen LogP contribution in [0.3, 0.4) is 0 Å². The van der Waals surface area contributed by atoms with Gasteiger partial charge in [0.25, 0.3) is 5.91 Å². The largest absolute Gasteiger partial charge is 0.467 e. The Labute approximate surface area is 116 Å². The third-order valence-electron chi connectivity index (χ3n) is 2.79. The predicted molar refractivity (Wildman–Crippen MR) is 69.8 cm³/mol. The van der Waals surface area contributed by atoms with Gasteiger partial charge in [0, 0.05) is 0 Å². The van der Waals surface area contributed by atoms with Crippen LogP contribution in [0.4, 0.5) is 0 Å². The maximum atomic E-state index is 12.0. The summed E-state index contributed by atoms with van der Waals surface area (Å²) < 4.78 is 4.68. The van der Waals surface area contributed by atoms with Crippen LogP contribution in [0.5, 0.6) is 0 Å². The molecule has 0 saturated carbocycles. The zero-order valence-corrected chi connectivity index (χ0v) is 11.8. The highest BCUT2D eigenvalue weighted by Gasteiger charge is 2.27. The van der Waals surface area contributed by atoms with Gasteiger partial charge in [-0.2, -0.15) is 0 Å². The molecule has 1 aromatic rings. The Morgan fingerprint density at radius 1 is 1.47 bits per heavy atom. The van der Waals surface area contributed by atoms with Crippen molar-refractivity contribution in [3.05, 3.63) is 23.2 Å². The summed E-state index contributed by atoms with van der Waals surface area (Å²) in [5.74, 6) is -1.05. The van der Waals surface area contributed by atoms with E-state index in [0.29, 0.717) is 0 Å². The fourth-order valence-electron chi connectivity index (χ4n) is 1.46. The van der Waals surface area contributed by atoms with E-state index in [1.54, 1.807) is 0 Å². The van der Waals surface area contributed by atoms with Crippen molar-refractivity contribution >= 4 is 23.5 Å². The second-order valence-electron chi connectivity index (χ2n) is 4.09. The minimum Gasteiger partial charge on any atom is -0.467 e. The van der Waals surface area contributed by atoms with E-state index in [4.69, 9.17) is 11.6 Å². The number of hydrogen-bond donors (Lipinski definition) is 1. The highest BCUT2D eigenvalue weighted by Crippen LogP contribution is 2.10. The van der Waals surface area contributed by atoms with Crippen molar-refractivity contribution in [3.8, 4) is 0 Å². The molecule has 6 nitrogen and oxygen atoms in total. The second kappa shape index (κ2) is 7.04. The molecule has 1 rings (SSSR count). The van der Waals surface area contributed by atoms with E-state index in [0.717, 1.165) is 6.42 Å². The van der Waals surface area contributed by atoms with E-state index in [-0.39, 0.29) is 16.8 Å². The number of ether oxygens (including phenoxy) is 1. The Bertz CT molecular complexity index is 467. The van der Waals surface area contributed by atoms with Crippen LogP contribution in [-0.2, 0) is 9.53 Å². The second-order valence-corrected chi connectivity index (χ2v) is 4.47. The SMILES string of the molecule is CCC(C)C(NC(=O)c1cncc(Cl)n1)C(=O)OC. The van der Waals surface area contributed by atoms with Crippen molar-refractivity contribution in [2.45, 2.75) is 26.3 Å². The van der Waals surface area contributed by atoms with Crippen molar-refractivity contribution in [1.82, 2.24) is 15.3 Å². The fourth-order valence-corrected chi connectivity index (χ4v) is 1.61. The fraction of sp³-hybridized carbons (Fsp3) is 0.500. The molecule has 0 aliphatic carbocycles. The molecule has 1 amide bonds. The summed E-state index contributed by atoms with van der Waals surface area (Å²) in [5, 5.41) is 2.70. The van der Waals surface area contributed by atoms with E-state index in [9.17, 15) is 9.59 Å². The number of rotatable bonds is 5. The van der Waals surface area contributed by atoms with E-state index >= 15 is 0 Å². The number of amides is 1. The minimum atomic E-state index is -0.719. The molecule has 1 aromatic heterocycles. The molecule has 0 aliphatic heterocycles. The van der Waals surface area contributed by atoms with Gasteiger partial charge in [-0.3, -0.25) is 9.78 Å². The summed E-state index contributed by atoms with van der Waals surface area (Å²) in [6, 6.07) is -0.719.